The summed E-state index contributed by atoms with van der Waals surface area (Å²) in [6, 6.07) is 0. The number of aromatic amines is 1. The smallest absolute Gasteiger partial charge is 0.476 e. The number of nitrogens with one attached hydrogen (secondary N) is 2. The molecule has 0 bridgehead atoms. The minimum atomic E-state index is -6.04. The summed E-state index contributed by atoms with van der Waals surface area (Å²) in [7, 11) is -17.5. The number of ether oxygens (including phenoxy) is 1. The zero-order chi connectivity index (χ0) is 29.0. The number of nitrogens with zero attached hydrogens (tertiary/aromatic N) is 3. The monoisotopic (exact) mass is 636 g/mol. The van der Waals surface area contributed by atoms with Crippen molar-refractivity contribution in [2.75, 3.05) is 25.0 Å². The number of phosphoric ester groups is 1. The first-order chi connectivity index (χ1) is 18.1. The molecule has 1 fully saturated rings. The number of hydrogen-bond acceptors (Lipinski definition) is 16. The Kier molecular flexibility index (Phi) is 10.9. The summed E-state index contributed by atoms with van der Waals surface area (Å²) in [6.07, 6.45) is -1.26. The van der Waals surface area contributed by atoms with Crippen molar-refractivity contribution in [3.05, 3.63) is 11.0 Å². The fourth-order valence-corrected chi connectivity index (χ4v) is 6.76. The molecular formula is C16H27N6O13P3S-2. The van der Waals surface area contributed by atoms with Gasteiger partial charge in [0.25, 0.3) is 15.6 Å². The molecule has 23 heteroatoms. The average molecular weight is 636 g/mol. The maximum absolute atomic E-state index is 11.8. The Morgan fingerprint density at radius 3 is 2.49 bits per heavy atom. The SMILES string of the molecule is NCCCCCCNc1nc(=S)c2ncn([C@@H]3O[C@H](COP(=O)([O-])OP(=O)([O-])OP(=O)(O)O)[C@H](O)C3O)c2[nH]1. The van der Waals surface area contributed by atoms with Crippen LogP contribution in [0.2, 0.25) is 0 Å². The quantitative estimate of drug-likeness (QED) is 0.0709. The van der Waals surface area contributed by atoms with Gasteiger partial charge in [0.2, 0.25) is 5.95 Å². The van der Waals surface area contributed by atoms with Crippen molar-refractivity contribution >= 4 is 52.8 Å². The number of fused-ring (bicyclic) bond motifs is 1. The van der Waals surface area contributed by atoms with Crippen LogP contribution in [-0.4, -0.2) is 77.5 Å². The van der Waals surface area contributed by atoms with E-state index in [2.05, 4.69) is 33.4 Å². The highest BCUT2D eigenvalue weighted by atomic mass is 32.1. The highest BCUT2D eigenvalue weighted by molar-refractivity contribution is 7.71. The molecule has 3 rings (SSSR count). The summed E-state index contributed by atoms with van der Waals surface area (Å²) in [5.41, 5.74) is 5.99. The Morgan fingerprint density at radius 2 is 1.82 bits per heavy atom. The molecule has 8 N–H and O–H groups in total. The molecule has 0 aromatic carbocycles. The van der Waals surface area contributed by atoms with E-state index in [0.29, 0.717) is 19.0 Å². The highest BCUT2D eigenvalue weighted by Gasteiger charge is 2.45. The number of rotatable bonds is 15. The molecule has 2 aromatic rings. The van der Waals surface area contributed by atoms with Gasteiger partial charge < -0.3 is 55.1 Å². The summed E-state index contributed by atoms with van der Waals surface area (Å²) < 4.78 is 52.0. The number of phosphoric acid groups is 3. The summed E-state index contributed by atoms with van der Waals surface area (Å²) in [5, 5.41) is 24.0. The number of aromatic nitrogens is 4. The Labute approximate surface area is 225 Å². The molecule has 0 radical (unpaired) electrons. The van der Waals surface area contributed by atoms with Crippen molar-refractivity contribution in [3.8, 4) is 0 Å². The lowest BCUT2D eigenvalue weighted by Crippen LogP contribution is -2.34. The second-order valence-electron chi connectivity index (χ2n) is 8.26. The number of H-pyrrole nitrogens is 1. The number of nitrogens with two attached hydrogens (primary N) is 1. The molecule has 19 nitrogen and oxygen atoms in total. The number of unbranched alkanes of at least 4 members (excludes halogenated alkanes) is 3. The Bertz CT molecular complexity index is 1340. The zero-order valence-electron chi connectivity index (χ0n) is 20.0. The minimum absolute atomic E-state index is 0.130. The molecular weight excluding hydrogens is 609 g/mol. The molecule has 1 saturated heterocycles. The van der Waals surface area contributed by atoms with Crippen LogP contribution < -0.4 is 20.8 Å². The number of hydrogen-bond donors (Lipinski definition) is 7. The van der Waals surface area contributed by atoms with Crippen molar-refractivity contribution in [3.63, 3.8) is 0 Å². The van der Waals surface area contributed by atoms with Crippen LogP contribution in [0, 0.1) is 4.64 Å². The van der Waals surface area contributed by atoms with Gasteiger partial charge in [-0.15, -0.1) is 0 Å². The van der Waals surface area contributed by atoms with Crippen molar-refractivity contribution < 1.29 is 61.4 Å². The van der Waals surface area contributed by atoms with Crippen molar-refractivity contribution in [2.45, 2.75) is 50.2 Å². The van der Waals surface area contributed by atoms with Gasteiger partial charge in [-0.3, -0.25) is 13.7 Å². The van der Waals surface area contributed by atoms with Gasteiger partial charge in [-0.25, -0.2) is 23.2 Å². The summed E-state index contributed by atoms with van der Waals surface area (Å²) in [4.78, 5) is 51.6. The van der Waals surface area contributed by atoms with E-state index in [0.717, 1.165) is 25.7 Å². The molecule has 1 aliphatic rings. The van der Waals surface area contributed by atoms with Gasteiger partial charge in [0.15, 0.2) is 10.9 Å². The third-order valence-corrected chi connectivity index (χ3v) is 9.29. The van der Waals surface area contributed by atoms with Crippen LogP contribution in [0.3, 0.4) is 0 Å². The molecule has 0 amide bonds. The minimum Gasteiger partial charge on any atom is -0.756 e. The first kappa shape index (κ1) is 32.3. The summed E-state index contributed by atoms with van der Waals surface area (Å²) in [6.45, 7) is 0.155. The van der Waals surface area contributed by atoms with Gasteiger partial charge in [-0.05, 0) is 19.4 Å². The number of aliphatic hydroxyl groups is 2. The lowest BCUT2D eigenvalue weighted by Gasteiger charge is -2.30. The van der Waals surface area contributed by atoms with Crippen molar-refractivity contribution in [2.24, 2.45) is 5.73 Å². The van der Waals surface area contributed by atoms with Gasteiger partial charge in [-0.1, -0.05) is 25.1 Å². The van der Waals surface area contributed by atoms with E-state index in [9.17, 15) is 33.7 Å². The molecule has 0 saturated carbocycles. The molecule has 2 aromatic heterocycles. The van der Waals surface area contributed by atoms with Gasteiger partial charge in [0, 0.05) is 6.54 Å². The molecule has 39 heavy (non-hydrogen) atoms. The van der Waals surface area contributed by atoms with Gasteiger partial charge in [0.05, 0.1) is 12.9 Å². The molecule has 1 aliphatic heterocycles. The number of anilines is 1. The Hall–Kier alpha value is -1.18. The van der Waals surface area contributed by atoms with Crippen molar-refractivity contribution in [1.82, 2.24) is 19.5 Å². The maximum Gasteiger partial charge on any atom is 0.476 e. The third-order valence-electron chi connectivity index (χ3n) is 5.28. The molecule has 222 valence electrons. The summed E-state index contributed by atoms with van der Waals surface area (Å²) >= 11 is 5.28. The van der Waals surface area contributed by atoms with E-state index < -0.39 is 54.6 Å². The largest absolute Gasteiger partial charge is 0.756 e. The molecule has 3 heterocycles. The van der Waals surface area contributed by atoms with E-state index in [1.165, 1.54) is 10.9 Å². The van der Waals surface area contributed by atoms with E-state index in [1.54, 1.807) is 0 Å². The number of imidazole rings is 1. The first-order valence-corrected chi connectivity index (χ1v) is 16.2. The van der Waals surface area contributed by atoms with Gasteiger partial charge in [0.1, 0.15) is 29.5 Å². The lowest BCUT2D eigenvalue weighted by molar-refractivity contribution is -0.241. The standard InChI is InChI=1S/C16H29N6O13P3S/c17-5-3-1-2-4-6-18-16-20-13-10(14(39)21-16)19-8-22(13)15-12(24)11(23)9(33-15)7-32-37(28,29)35-38(30,31)34-36(25,26)27/h8-9,11-12,15,23-24H,1-7,17H2,(H,28,29)(H,30,31)(H2,25,26,27)(H2,18,20,21,39)/p-2/t9-,11+,12?,15-/m1/s1. The van der Waals surface area contributed by atoms with E-state index in [4.69, 9.17) is 32.5 Å². The van der Waals surface area contributed by atoms with Crippen LogP contribution in [0.5, 0.6) is 0 Å². The lowest BCUT2D eigenvalue weighted by atomic mass is 10.1. The van der Waals surface area contributed by atoms with Crippen LogP contribution in [-0.2, 0) is 31.6 Å². The van der Waals surface area contributed by atoms with E-state index in [1.807, 2.05) is 0 Å². The summed E-state index contributed by atoms with van der Waals surface area (Å²) in [5.74, 6) is 0.310. The third kappa shape index (κ3) is 9.16. The fraction of sp³-hybridized carbons (Fsp3) is 0.688. The van der Waals surface area contributed by atoms with Crippen LogP contribution in [0.25, 0.3) is 11.2 Å². The van der Waals surface area contributed by atoms with Crippen molar-refractivity contribution in [1.29, 1.82) is 0 Å². The van der Waals surface area contributed by atoms with Crippen LogP contribution >= 0.6 is 35.7 Å². The highest BCUT2D eigenvalue weighted by Crippen LogP contribution is 2.62. The topological polar surface area (TPSA) is 300 Å². The molecule has 0 spiro atoms. The molecule has 0 aliphatic carbocycles. The normalized spacial score (nSPS) is 25.0. The predicted octanol–water partition coefficient (Wildman–Crippen LogP) is -0.882. The second-order valence-corrected chi connectivity index (χ2v) is 13.0. The van der Waals surface area contributed by atoms with Crippen LogP contribution in [0.1, 0.15) is 31.9 Å². The van der Waals surface area contributed by atoms with E-state index >= 15 is 0 Å². The Balaban J connectivity index is 1.68. The van der Waals surface area contributed by atoms with Crippen LogP contribution in [0.15, 0.2) is 6.33 Å². The zero-order valence-corrected chi connectivity index (χ0v) is 23.5. The average Bonchev–Trinajstić information content (AvgIpc) is 3.34. The number of aliphatic hydroxyl groups excluding tert-OH is 2. The Morgan fingerprint density at radius 1 is 1.13 bits per heavy atom. The van der Waals surface area contributed by atoms with Gasteiger partial charge in [-0.2, -0.15) is 0 Å². The molecule has 3 unspecified atom stereocenters. The molecule has 6 atom stereocenters. The second kappa shape index (κ2) is 13.2. The van der Waals surface area contributed by atoms with Crippen LogP contribution in [0.4, 0.5) is 5.95 Å². The predicted molar refractivity (Wildman–Crippen MR) is 130 cm³/mol. The maximum atomic E-state index is 11.8. The fourth-order valence-electron chi connectivity index (χ4n) is 3.59. The first-order valence-electron chi connectivity index (χ1n) is 11.3. The van der Waals surface area contributed by atoms with E-state index in [-0.39, 0.29) is 15.8 Å². The van der Waals surface area contributed by atoms with Gasteiger partial charge >= 0.3 is 7.82 Å².